The van der Waals surface area contributed by atoms with Crippen LogP contribution in [0, 0.1) is 0 Å². The van der Waals surface area contributed by atoms with Gasteiger partial charge in [-0.15, -0.1) is 0 Å². The van der Waals surface area contributed by atoms with Crippen LogP contribution < -0.4 is 10.6 Å². The first-order valence-corrected chi connectivity index (χ1v) is 7.11. The van der Waals surface area contributed by atoms with E-state index in [4.69, 9.17) is 0 Å². The Morgan fingerprint density at radius 2 is 1.41 bits per heavy atom. The van der Waals surface area contributed by atoms with Gasteiger partial charge in [0.15, 0.2) is 5.78 Å². The molecule has 0 unspecified atom stereocenters. The lowest BCUT2D eigenvalue weighted by molar-refractivity contribution is -0.144. The van der Waals surface area contributed by atoms with Crippen LogP contribution in [-0.4, -0.2) is 42.8 Å². The SMILES string of the molecule is CCC(=O)[C@H](CC=CC[C@H](NC(C)=O)C(=O)OC)NC(C)=O. The number of rotatable bonds is 9. The topological polar surface area (TPSA) is 102 Å². The molecule has 0 aromatic carbocycles. The molecule has 0 bridgehead atoms. The molecule has 124 valence electrons. The third kappa shape index (κ3) is 8.18. The Morgan fingerprint density at radius 3 is 1.82 bits per heavy atom. The molecule has 0 fully saturated rings. The van der Waals surface area contributed by atoms with Crippen molar-refractivity contribution in [1.82, 2.24) is 10.6 Å². The molecule has 0 aliphatic rings. The number of nitrogens with one attached hydrogen (secondary N) is 2. The molecule has 7 heteroatoms. The second-order valence-electron chi connectivity index (χ2n) is 4.79. The molecule has 2 amide bonds. The van der Waals surface area contributed by atoms with E-state index in [-0.39, 0.29) is 24.0 Å². The highest BCUT2D eigenvalue weighted by Crippen LogP contribution is 2.02. The summed E-state index contributed by atoms with van der Waals surface area (Å²) in [4.78, 5) is 45.3. The lowest BCUT2D eigenvalue weighted by atomic mass is 10.1. The number of esters is 1. The summed E-state index contributed by atoms with van der Waals surface area (Å²) >= 11 is 0. The number of Topliss-reactive ketones (excluding diaryl/α,β-unsaturated/α-hetero) is 1. The fourth-order valence-electron chi connectivity index (χ4n) is 1.83. The van der Waals surface area contributed by atoms with Gasteiger partial charge in [-0.1, -0.05) is 19.1 Å². The molecule has 2 atom stereocenters. The number of amides is 2. The van der Waals surface area contributed by atoms with Crippen molar-refractivity contribution in [3.8, 4) is 0 Å². The first-order valence-electron chi connectivity index (χ1n) is 7.11. The Hall–Kier alpha value is -2.18. The van der Waals surface area contributed by atoms with Crippen molar-refractivity contribution in [3.05, 3.63) is 12.2 Å². The maximum absolute atomic E-state index is 11.7. The Kier molecular flexibility index (Phi) is 9.49. The van der Waals surface area contributed by atoms with Crippen LogP contribution >= 0.6 is 0 Å². The summed E-state index contributed by atoms with van der Waals surface area (Å²) in [6.07, 6.45) is 4.29. The summed E-state index contributed by atoms with van der Waals surface area (Å²) in [6, 6.07) is -1.34. The van der Waals surface area contributed by atoms with E-state index >= 15 is 0 Å². The Balaban J connectivity index is 4.59. The quantitative estimate of drug-likeness (QED) is 0.476. The molecule has 2 N–H and O–H groups in total. The maximum Gasteiger partial charge on any atom is 0.328 e. The normalized spacial score (nSPS) is 13.3. The molecule has 7 nitrogen and oxygen atoms in total. The van der Waals surface area contributed by atoms with Gasteiger partial charge >= 0.3 is 5.97 Å². The first kappa shape index (κ1) is 19.8. The van der Waals surface area contributed by atoms with Gasteiger partial charge in [-0.3, -0.25) is 14.4 Å². The number of methoxy groups -OCH3 is 1. The summed E-state index contributed by atoms with van der Waals surface area (Å²) in [5.41, 5.74) is 0. The van der Waals surface area contributed by atoms with E-state index < -0.39 is 18.1 Å². The Bertz CT molecular complexity index is 405. The van der Waals surface area contributed by atoms with Gasteiger partial charge in [0.25, 0.3) is 0 Å². The van der Waals surface area contributed by atoms with E-state index in [1.165, 1.54) is 21.0 Å². The molecule has 0 aromatic heterocycles. The van der Waals surface area contributed by atoms with E-state index in [2.05, 4.69) is 15.4 Å². The maximum atomic E-state index is 11.7. The summed E-state index contributed by atoms with van der Waals surface area (Å²) in [7, 11) is 1.24. The van der Waals surface area contributed by atoms with Crippen LogP contribution in [0.4, 0.5) is 0 Å². The van der Waals surface area contributed by atoms with Crippen LogP contribution in [0.25, 0.3) is 0 Å². The number of ether oxygens (including phenoxy) is 1. The molecule has 0 radical (unpaired) electrons. The van der Waals surface area contributed by atoms with Gasteiger partial charge in [-0.25, -0.2) is 4.79 Å². The lowest BCUT2D eigenvalue weighted by Gasteiger charge is -2.15. The van der Waals surface area contributed by atoms with Crippen molar-refractivity contribution >= 4 is 23.6 Å². The molecule has 0 heterocycles. The fraction of sp³-hybridized carbons (Fsp3) is 0.600. The minimum Gasteiger partial charge on any atom is -0.467 e. The average molecular weight is 312 g/mol. The second kappa shape index (κ2) is 10.5. The van der Waals surface area contributed by atoms with Crippen LogP contribution in [0.2, 0.25) is 0 Å². The monoisotopic (exact) mass is 312 g/mol. The standard InChI is InChI=1S/C15H24N2O5/c1-5-14(20)12(16-10(2)18)8-6-7-9-13(15(21)22-4)17-11(3)19/h6-7,12-13H,5,8-9H2,1-4H3,(H,16,18)(H,17,19)/t12-,13-/m0/s1. The highest BCUT2D eigenvalue weighted by Gasteiger charge is 2.19. The van der Waals surface area contributed by atoms with Crippen molar-refractivity contribution in [2.24, 2.45) is 0 Å². The molecule has 0 saturated carbocycles. The van der Waals surface area contributed by atoms with E-state index in [9.17, 15) is 19.2 Å². The largest absolute Gasteiger partial charge is 0.467 e. The highest BCUT2D eigenvalue weighted by atomic mass is 16.5. The van der Waals surface area contributed by atoms with Gasteiger partial charge in [0, 0.05) is 20.3 Å². The van der Waals surface area contributed by atoms with Crippen LogP contribution in [0.5, 0.6) is 0 Å². The van der Waals surface area contributed by atoms with Crippen molar-refractivity contribution in [2.75, 3.05) is 7.11 Å². The second-order valence-corrected chi connectivity index (χ2v) is 4.79. The number of hydrogen-bond donors (Lipinski definition) is 2. The van der Waals surface area contributed by atoms with Gasteiger partial charge in [-0.2, -0.15) is 0 Å². The molecule has 0 aromatic rings. The zero-order valence-corrected chi connectivity index (χ0v) is 13.5. The molecule has 0 aliphatic heterocycles. The molecule has 0 saturated heterocycles. The third-order valence-electron chi connectivity index (χ3n) is 2.89. The van der Waals surface area contributed by atoms with Crippen molar-refractivity contribution in [1.29, 1.82) is 0 Å². The minimum atomic E-state index is -0.764. The number of carbonyl (C=O) groups is 4. The smallest absolute Gasteiger partial charge is 0.328 e. The molecular formula is C15H24N2O5. The van der Waals surface area contributed by atoms with Gasteiger partial charge < -0.3 is 15.4 Å². The van der Waals surface area contributed by atoms with E-state index in [1.807, 2.05) is 0 Å². The number of hydrogen-bond acceptors (Lipinski definition) is 5. The van der Waals surface area contributed by atoms with E-state index in [0.29, 0.717) is 12.8 Å². The summed E-state index contributed by atoms with van der Waals surface area (Å²) in [6.45, 7) is 4.39. The molecular weight excluding hydrogens is 288 g/mol. The van der Waals surface area contributed by atoms with Gasteiger partial charge in [0.1, 0.15) is 6.04 Å². The van der Waals surface area contributed by atoms with Gasteiger partial charge in [0.05, 0.1) is 13.2 Å². The van der Waals surface area contributed by atoms with Crippen molar-refractivity contribution < 1.29 is 23.9 Å². The predicted molar refractivity (Wildman–Crippen MR) is 80.9 cm³/mol. The summed E-state index contributed by atoms with van der Waals surface area (Å²) < 4.78 is 4.60. The minimum absolute atomic E-state index is 0.0637. The summed E-state index contributed by atoms with van der Waals surface area (Å²) in [5.74, 6) is -1.21. The van der Waals surface area contributed by atoms with Crippen LogP contribution in [-0.2, 0) is 23.9 Å². The summed E-state index contributed by atoms with van der Waals surface area (Å²) in [5, 5.41) is 5.07. The Morgan fingerprint density at radius 1 is 0.955 bits per heavy atom. The number of ketones is 1. The van der Waals surface area contributed by atoms with Crippen molar-refractivity contribution in [2.45, 2.75) is 52.1 Å². The zero-order chi connectivity index (χ0) is 17.1. The predicted octanol–water partition coefficient (Wildman–Crippen LogP) is 0.484. The first-order chi connectivity index (χ1) is 10.3. The highest BCUT2D eigenvalue weighted by molar-refractivity contribution is 5.88. The fourth-order valence-corrected chi connectivity index (χ4v) is 1.83. The molecule has 0 aliphatic carbocycles. The zero-order valence-electron chi connectivity index (χ0n) is 13.5. The van der Waals surface area contributed by atoms with Crippen molar-refractivity contribution in [3.63, 3.8) is 0 Å². The van der Waals surface area contributed by atoms with Gasteiger partial charge in [-0.05, 0) is 12.8 Å². The van der Waals surface area contributed by atoms with Crippen LogP contribution in [0.15, 0.2) is 12.2 Å². The lowest BCUT2D eigenvalue weighted by Crippen LogP contribution is -2.40. The van der Waals surface area contributed by atoms with E-state index in [0.717, 1.165) is 0 Å². The van der Waals surface area contributed by atoms with Crippen LogP contribution in [0.1, 0.15) is 40.0 Å². The molecule has 22 heavy (non-hydrogen) atoms. The average Bonchev–Trinajstić information content (AvgIpc) is 2.46. The third-order valence-corrected chi connectivity index (χ3v) is 2.89. The number of carbonyl (C=O) groups excluding carboxylic acids is 4. The Labute approximate surface area is 130 Å². The molecule has 0 rings (SSSR count). The van der Waals surface area contributed by atoms with Gasteiger partial charge in [0.2, 0.25) is 11.8 Å². The molecule has 0 spiro atoms. The van der Waals surface area contributed by atoms with Crippen LogP contribution in [0.3, 0.4) is 0 Å². The van der Waals surface area contributed by atoms with E-state index in [1.54, 1.807) is 19.1 Å².